The van der Waals surface area contributed by atoms with Gasteiger partial charge in [0, 0.05) is 12.4 Å². The van der Waals surface area contributed by atoms with Crippen LogP contribution in [0.25, 0.3) is 0 Å². The normalized spacial score (nSPS) is 11.9. The van der Waals surface area contributed by atoms with Crippen LogP contribution in [0.4, 0.5) is 0 Å². The average Bonchev–Trinajstić information content (AvgIpc) is 2.41. The standard InChI is InChI=1S/C14H14ClN3O2/c1-8-4-3-5-16-12(8)9(2)18-14(20)11-6-10(15)7-17-13(11)19/h3-7,9H,1-2H3,(H,17,19)(H,18,20). The zero-order chi connectivity index (χ0) is 14.7. The second kappa shape index (κ2) is 5.88. The number of aromatic amines is 1. The first kappa shape index (κ1) is 14.3. The lowest BCUT2D eigenvalue weighted by molar-refractivity contribution is 0.0937. The van der Waals surface area contributed by atoms with Crippen LogP contribution in [0.3, 0.4) is 0 Å². The van der Waals surface area contributed by atoms with E-state index in [4.69, 9.17) is 11.6 Å². The van der Waals surface area contributed by atoms with Gasteiger partial charge in [-0.05, 0) is 31.5 Å². The Morgan fingerprint density at radius 1 is 1.50 bits per heavy atom. The lowest BCUT2D eigenvalue weighted by atomic mass is 10.1. The van der Waals surface area contributed by atoms with E-state index in [1.165, 1.54) is 12.3 Å². The van der Waals surface area contributed by atoms with Gasteiger partial charge in [0.1, 0.15) is 5.56 Å². The zero-order valence-corrected chi connectivity index (χ0v) is 11.9. The third-order valence-electron chi connectivity index (χ3n) is 2.92. The molecule has 1 amide bonds. The number of hydrogen-bond donors (Lipinski definition) is 2. The molecule has 0 aliphatic heterocycles. The molecule has 0 spiro atoms. The number of carbonyl (C=O) groups excluding carboxylic acids is 1. The first-order valence-electron chi connectivity index (χ1n) is 6.09. The Balaban J connectivity index is 2.22. The maximum absolute atomic E-state index is 12.1. The second-order valence-corrected chi connectivity index (χ2v) is 4.90. The van der Waals surface area contributed by atoms with Crippen molar-refractivity contribution >= 4 is 17.5 Å². The fourth-order valence-electron chi connectivity index (χ4n) is 1.92. The molecule has 5 nitrogen and oxygen atoms in total. The predicted octanol–water partition coefficient (Wildman–Crippen LogP) is 2.22. The summed E-state index contributed by atoms with van der Waals surface area (Å²) < 4.78 is 0. The van der Waals surface area contributed by atoms with Crippen LogP contribution in [-0.2, 0) is 0 Å². The van der Waals surface area contributed by atoms with Crippen molar-refractivity contribution in [2.45, 2.75) is 19.9 Å². The Hall–Kier alpha value is -2.14. The SMILES string of the molecule is Cc1cccnc1C(C)NC(=O)c1cc(Cl)c[nH]c1=O. The number of halogens is 1. The zero-order valence-electron chi connectivity index (χ0n) is 11.1. The van der Waals surface area contributed by atoms with Crippen LogP contribution < -0.4 is 10.9 Å². The predicted molar refractivity (Wildman–Crippen MR) is 76.9 cm³/mol. The monoisotopic (exact) mass is 291 g/mol. The molecule has 2 rings (SSSR count). The maximum atomic E-state index is 12.1. The van der Waals surface area contributed by atoms with Gasteiger partial charge in [-0.15, -0.1) is 0 Å². The van der Waals surface area contributed by atoms with Crippen LogP contribution in [0.5, 0.6) is 0 Å². The van der Waals surface area contributed by atoms with E-state index in [0.29, 0.717) is 5.02 Å². The van der Waals surface area contributed by atoms with Gasteiger partial charge >= 0.3 is 0 Å². The van der Waals surface area contributed by atoms with E-state index >= 15 is 0 Å². The fraction of sp³-hybridized carbons (Fsp3) is 0.214. The van der Waals surface area contributed by atoms with Crippen LogP contribution in [0, 0.1) is 6.92 Å². The van der Waals surface area contributed by atoms with Crippen molar-refractivity contribution < 1.29 is 4.79 Å². The molecule has 0 aliphatic rings. The molecule has 0 saturated carbocycles. The van der Waals surface area contributed by atoms with Gasteiger partial charge in [0.25, 0.3) is 11.5 Å². The fourth-order valence-corrected chi connectivity index (χ4v) is 2.08. The largest absolute Gasteiger partial charge is 0.344 e. The lowest BCUT2D eigenvalue weighted by Crippen LogP contribution is -2.32. The highest BCUT2D eigenvalue weighted by Gasteiger charge is 2.16. The summed E-state index contributed by atoms with van der Waals surface area (Å²) >= 11 is 5.78. The Morgan fingerprint density at radius 2 is 2.25 bits per heavy atom. The molecule has 0 aliphatic carbocycles. The van der Waals surface area contributed by atoms with Gasteiger partial charge < -0.3 is 10.3 Å². The third-order valence-corrected chi connectivity index (χ3v) is 3.14. The molecule has 2 aromatic rings. The maximum Gasteiger partial charge on any atom is 0.260 e. The number of amides is 1. The van der Waals surface area contributed by atoms with Gasteiger partial charge in [-0.1, -0.05) is 17.7 Å². The van der Waals surface area contributed by atoms with Crippen molar-refractivity contribution in [3.8, 4) is 0 Å². The highest BCUT2D eigenvalue weighted by molar-refractivity contribution is 6.30. The van der Waals surface area contributed by atoms with Crippen molar-refractivity contribution in [1.29, 1.82) is 0 Å². The molecule has 2 N–H and O–H groups in total. The number of nitrogens with zero attached hydrogens (tertiary/aromatic N) is 1. The minimum absolute atomic E-state index is 0.0158. The Kier molecular flexibility index (Phi) is 4.20. The van der Waals surface area contributed by atoms with Gasteiger partial charge in [0.05, 0.1) is 16.8 Å². The third kappa shape index (κ3) is 3.05. The molecular formula is C14H14ClN3O2. The van der Waals surface area contributed by atoms with Gasteiger partial charge in [-0.3, -0.25) is 14.6 Å². The smallest absolute Gasteiger partial charge is 0.260 e. The average molecular weight is 292 g/mol. The van der Waals surface area contributed by atoms with Crippen molar-refractivity contribution in [3.63, 3.8) is 0 Å². The summed E-state index contributed by atoms with van der Waals surface area (Å²) in [6.45, 7) is 3.73. The molecule has 20 heavy (non-hydrogen) atoms. The molecule has 1 atom stereocenters. The van der Waals surface area contributed by atoms with E-state index in [9.17, 15) is 9.59 Å². The van der Waals surface area contributed by atoms with Crippen LogP contribution in [0.15, 0.2) is 35.4 Å². The number of pyridine rings is 2. The number of H-pyrrole nitrogens is 1. The van der Waals surface area contributed by atoms with E-state index in [1.807, 2.05) is 26.0 Å². The Bertz CT molecular complexity index is 697. The van der Waals surface area contributed by atoms with E-state index < -0.39 is 11.5 Å². The molecular weight excluding hydrogens is 278 g/mol. The Labute approximate surface area is 121 Å². The first-order chi connectivity index (χ1) is 9.49. The number of nitrogens with one attached hydrogen (secondary N) is 2. The highest BCUT2D eigenvalue weighted by Crippen LogP contribution is 2.14. The number of hydrogen-bond acceptors (Lipinski definition) is 3. The summed E-state index contributed by atoms with van der Waals surface area (Å²) in [6.07, 6.45) is 3.00. The van der Waals surface area contributed by atoms with Crippen LogP contribution in [-0.4, -0.2) is 15.9 Å². The summed E-state index contributed by atoms with van der Waals surface area (Å²) in [6, 6.07) is 4.78. The van der Waals surface area contributed by atoms with Crippen LogP contribution in [0.2, 0.25) is 5.02 Å². The summed E-state index contributed by atoms with van der Waals surface area (Å²) in [5, 5.41) is 3.04. The molecule has 0 fully saturated rings. The molecule has 2 aromatic heterocycles. The minimum Gasteiger partial charge on any atom is -0.344 e. The summed E-state index contributed by atoms with van der Waals surface area (Å²) in [5.74, 6) is -0.480. The molecule has 0 aromatic carbocycles. The topological polar surface area (TPSA) is 74.8 Å². The molecule has 1 unspecified atom stereocenters. The van der Waals surface area contributed by atoms with E-state index in [0.717, 1.165) is 11.3 Å². The second-order valence-electron chi connectivity index (χ2n) is 4.46. The van der Waals surface area contributed by atoms with Gasteiger partial charge in [0.15, 0.2) is 0 Å². The molecule has 104 valence electrons. The quantitative estimate of drug-likeness (QED) is 0.910. The van der Waals surface area contributed by atoms with E-state index in [-0.39, 0.29) is 11.6 Å². The van der Waals surface area contributed by atoms with E-state index in [1.54, 1.807) is 6.20 Å². The molecule has 2 heterocycles. The van der Waals surface area contributed by atoms with Crippen molar-refractivity contribution in [3.05, 3.63) is 62.8 Å². The number of aromatic nitrogens is 2. The lowest BCUT2D eigenvalue weighted by Gasteiger charge is -2.15. The number of carbonyl (C=O) groups is 1. The van der Waals surface area contributed by atoms with Crippen molar-refractivity contribution in [2.75, 3.05) is 0 Å². The summed E-state index contributed by atoms with van der Waals surface area (Å²) in [5.41, 5.74) is 1.24. The minimum atomic E-state index is -0.480. The highest BCUT2D eigenvalue weighted by atomic mass is 35.5. The molecule has 0 radical (unpaired) electrons. The van der Waals surface area contributed by atoms with Crippen LogP contribution >= 0.6 is 11.6 Å². The number of aryl methyl sites for hydroxylation is 1. The molecule has 0 saturated heterocycles. The molecule has 0 bridgehead atoms. The summed E-state index contributed by atoms with van der Waals surface area (Å²) in [7, 11) is 0. The number of rotatable bonds is 3. The van der Waals surface area contributed by atoms with Gasteiger partial charge in [-0.25, -0.2) is 0 Å². The Morgan fingerprint density at radius 3 is 2.95 bits per heavy atom. The van der Waals surface area contributed by atoms with Gasteiger partial charge in [0.2, 0.25) is 0 Å². The summed E-state index contributed by atoms with van der Waals surface area (Å²) in [4.78, 5) is 30.4. The van der Waals surface area contributed by atoms with Crippen molar-refractivity contribution in [1.82, 2.24) is 15.3 Å². The van der Waals surface area contributed by atoms with E-state index in [2.05, 4.69) is 15.3 Å². The van der Waals surface area contributed by atoms with Crippen LogP contribution in [0.1, 0.15) is 34.6 Å². The first-order valence-corrected chi connectivity index (χ1v) is 6.47. The van der Waals surface area contributed by atoms with Crippen molar-refractivity contribution in [2.24, 2.45) is 0 Å². The van der Waals surface area contributed by atoms with Gasteiger partial charge in [-0.2, -0.15) is 0 Å². The molecule has 6 heteroatoms.